The Labute approximate surface area is 239 Å². The van der Waals surface area contributed by atoms with E-state index in [9.17, 15) is 9.59 Å². The van der Waals surface area contributed by atoms with Gasteiger partial charge in [-0.3, -0.25) is 9.36 Å². The zero-order chi connectivity index (χ0) is 28.0. The lowest BCUT2D eigenvalue weighted by Crippen LogP contribution is -2.39. The van der Waals surface area contributed by atoms with Crippen LogP contribution in [-0.2, 0) is 9.53 Å². The van der Waals surface area contributed by atoms with Crippen LogP contribution in [0.5, 0.6) is 0 Å². The third-order valence-corrected chi connectivity index (χ3v) is 8.27. The summed E-state index contributed by atoms with van der Waals surface area (Å²) in [5, 5.41) is 1.60. The van der Waals surface area contributed by atoms with Crippen LogP contribution < -0.4 is 14.9 Å². The van der Waals surface area contributed by atoms with Gasteiger partial charge in [0.2, 0.25) is 0 Å². The molecule has 0 saturated heterocycles. The number of carbonyl (C=O) groups excluding carboxylic acids is 1. The Morgan fingerprint density at radius 1 is 1.10 bits per heavy atom. The van der Waals surface area contributed by atoms with Crippen LogP contribution in [0, 0.1) is 6.92 Å². The van der Waals surface area contributed by atoms with Crippen molar-refractivity contribution in [3.63, 3.8) is 0 Å². The fraction of sp³-hybridized carbons (Fsp3) is 0.156. The second kappa shape index (κ2) is 10.4. The SMILES string of the molecule is CCOC(=O)C1=C(C)N=c2s/c(=C/c3c(-c4ccccc4)[nH]c4ccc(C)cc34)c(=O)n2[C@H]1c1ccc(Cl)cc1. The summed E-state index contributed by atoms with van der Waals surface area (Å²) < 4.78 is 7.51. The molecule has 0 bridgehead atoms. The van der Waals surface area contributed by atoms with Crippen molar-refractivity contribution in [2.24, 2.45) is 4.99 Å². The average Bonchev–Trinajstić information content (AvgIpc) is 3.45. The van der Waals surface area contributed by atoms with Crippen molar-refractivity contribution in [3.8, 4) is 11.3 Å². The maximum absolute atomic E-state index is 14.1. The molecule has 0 aliphatic carbocycles. The number of nitrogens with zero attached hydrogens (tertiary/aromatic N) is 2. The second-order valence-electron chi connectivity index (χ2n) is 9.68. The Morgan fingerprint density at radius 2 is 1.85 bits per heavy atom. The third kappa shape index (κ3) is 4.51. The van der Waals surface area contributed by atoms with Crippen LogP contribution in [0.4, 0.5) is 0 Å². The molecule has 3 aromatic carbocycles. The maximum atomic E-state index is 14.1. The molecule has 0 radical (unpaired) electrons. The smallest absolute Gasteiger partial charge is 0.338 e. The molecule has 200 valence electrons. The van der Waals surface area contributed by atoms with Gasteiger partial charge >= 0.3 is 5.97 Å². The molecule has 0 unspecified atom stereocenters. The molecule has 0 spiro atoms. The number of aromatic amines is 1. The van der Waals surface area contributed by atoms with Gasteiger partial charge in [-0.25, -0.2) is 9.79 Å². The number of nitrogens with one attached hydrogen (secondary N) is 1. The summed E-state index contributed by atoms with van der Waals surface area (Å²) >= 11 is 7.48. The molecule has 6 nitrogen and oxygen atoms in total. The minimum absolute atomic E-state index is 0.218. The quantitative estimate of drug-likeness (QED) is 0.268. The molecule has 0 fully saturated rings. The number of hydrogen-bond donors (Lipinski definition) is 1. The van der Waals surface area contributed by atoms with E-state index < -0.39 is 12.0 Å². The van der Waals surface area contributed by atoms with Crippen molar-refractivity contribution in [2.75, 3.05) is 6.61 Å². The van der Waals surface area contributed by atoms with Crippen molar-refractivity contribution in [3.05, 3.63) is 125 Å². The highest BCUT2D eigenvalue weighted by Gasteiger charge is 2.33. The van der Waals surface area contributed by atoms with Crippen LogP contribution in [0.15, 0.2) is 93.9 Å². The van der Waals surface area contributed by atoms with Gasteiger partial charge in [0.1, 0.15) is 0 Å². The molecule has 2 aromatic heterocycles. The van der Waals surface area contributed by atoms with Gasteiger partial charge in [-0.2, -0.15) is 0 Å². The van der Waals surface area contributed by atoms with Crippen molar-refractivity contribution < 1.29 is 9.53 Å². The van der Waals surface area contributed by atoms with Gasteiger partial charge in [-0.1, -0.05) is 77.0 Å². The standard InChI is InChI=1S/C32H26ClN3O3S/c1-4-39-31(38)27-19(3)34-32-36(29(27)21-11-13-22(33)14-12-21)30(37)26(40-32)17-24-23-16-18(2)10-15-25(23)35-28(24)20-8-6-5-7-9-20/h5-17,29,35H,4H2,1-3H3/b26-17+/t29-/m0/s1. The maximum Gasteiger partial charge on any atom is 0.338 e. The van der Waals surface area contributed by atoms with E-state index in [0.717, 1.165) is 38.9 Å². The number of halogens is 1. The highest BCUT2D eigenvalue weighted by Crippen LogP contribution is 2.33. The Kier molecular flexibility index (Phi) is 6.78. The van der Waals surface area contributed by atoms with Crippen molar-refractivity contribution in [2.45, 2.75) is 26.8 Å². The van der Waals surface area contributed by atoms with Crippen LogP contribution >= 0.6 is 22.9 Å². The van der Waals surface area contributed by atoms with E-state index in [0.29, 0.717) is 25.6 Å². The zero-order valence-electron chi connectivity index (χ0n) is 22.2. The molecule has 5 aromatic rings. The normalized spacial score (nSPS) is 15.3. The first-order chi connectivity index (χ1) is 19.4. The van der Waals surface area contributed by atoms with Crippen LogP contribution in [0.2, 0.25) is 5.02 Å². The zero-order valence-corrected chi connectivity index (χ0v) is 23.8. The molecule has 3 heterocycles. The summed E-state index contributed by atoms with van der Waals surface area (Å²) in [4.78, 5) is 36.1. The van der Waals surface area contributed by atoms with Gasteiger partial charge in [0.25, 0.3) is 5.56 Å². The number of ether oxygens (including phenoxy) is 1. The van der Waals surface area contributed by atoms with Gasteiger partial charge in [0.05, 0.1) is 34.1 Å². The summed E-state index contributed by atoms with van der Waals surface area (Å²) in [6.45, 7) is 5.81. The number of allylic oxidation sites excluding steroid dienone is 1. The predicted molar refractivity (Wildman–Crippen MR) is 160 cm³/mol. The molecule has 1 aliphatic heterocycles. The number of hydrogen-bond acceptors (Lipinski definition) is 5. The Bertz CT molecular complexity index is 1980. The number of rotatable bonds is 5. The predicted octanol–water partition coefficient (Wildman–Crippen LogP) is 5.91. The van der Waals surface area contributed by atoms with Crippen molar-refractivity contribution >= 4 is 45.9 Å². The van der Waals surface area contributed by atoms with Gasteiger partial charge in [-0.15, -0.1) is 0 Å². The molecule has 8 heteroatoms. The first-order valence-corrected chi connectivity index (χ1v) is 14.2. The lowest BCUT2D eigenvalue weighted by molar-refractivity contribution is -0.139. The molecule has 1 aliphatic rings. The molecule has 6 rings (SSSR count). The van der Waals surface area contributed by atoms with E-state index in [1.165, 1.54) is 11.3 Å². The highest BCUT2D eigenvalue weighted by atomic mass is 35.5. The molecule has 1 atom stereocenters. The highest BCUT2D eigenvalue weighted by molar-refractivity contribution is 7.07. The third-order valence-electron chi connectivity index (χ3n) is 7.03. The minimum atomic E-state index is -0.687. The van der Waals surface area contributed by atoms with E-state index >= 15 is 0 Å². The molecule has 0 saturated carbocycles. The number of fused-ring (bicyclic) bond motifs is 2. The van der Waals surface area contributed by atoms with Crippen molar-refractivity contribution in [1.82, 2.24) is 9.55 Å². The van der Waals surface area contributed by atoms with Crippen LogP contribution in [0.3, 0.4) is 0 Å². The van der Waals surface area contributed by atoms with E-state index in [1.54, 1.807) is 30.5 Å². The number of benzene rings is 3. The second-order valence-corrected chi connectivity index (χ2v) is 11.1. The lowest BCUT2D eigenvalue weighted by Gasteiger charge is -2.24. The number of esters is 1. The molecular weight excluding hydrogens is 542 g/mol. The topological polar surface area (TPSA) is 76.4 Å². The first-order valence-electron chi connectivity index (χ1n) is 13.0. The molecular formula is C32H26ClN3O3S. The Morgan fingerprint density at radius 3 is 2.58 bits per heavy atom. The van der Waals surface area contributed by atoms with E-state index in [2.05, 4.69) is 30.1 Å². The van der Waals surface area contributed by atoms with Crippen LogP contribution in [-0.4, -0.2) is 22.1 Å². The molecule has 0 amide bonds. The Balaban J connectivity index is 1.62. The van der Waals surface area contributed by atoms with Gasteiger partial charge in [-0.05, 0) is 62.2 Å². The van der Waals surface area contributed by atoms with Crippen LogP contribution in [0.25, 0.3) is 28.2 Å². The van der Waals surface area contributed by atoms with E-state index in [-0.39, 0.29) is 12.2 Å². The average molecular weight is 568 g/mol. The summed E-state index contributed by atoms with van der Waals surface area (Å²) in [7, 11) is 0. The number of thiazole rings is 1. The number of carbonyl (C=O) groups is 1. The van der Waals surface area contributed by atoms with E-state index in [1.807, 2.05) is 48.5 Å². The minimum Gasteiger partial charge on any atom is -0.463 e. The fourth-order valence-electron chi connectivity index (χ4n) is 5.19. The summed E-state index contributed by atoms with van der Waals surface area (Å²) in [5.74, 6) is -0.489. The Hall–Kier alpha value is -4.20. The monoisotopic (exact) mass is 567 g/mol. The fourth-order valence-corrected chi connectivity index (χ4v) is 6.35. The van der Waals surface area contributed by atoms with Crippen molar-refractivity contribution in [1.29, 1.82) is 0 Å². The largest absolute Gasteiger partial charge is 0.463 e. The molecule has 40 heavy (non-hydrogen) atoms. The van der Waals surface area contributed by atoms with Gasteiger partial charge < -0.3 is 9.72 Å². The summed E-state index contributed by atoms with van der Waals surface area (Å²) in [6, 6.07) is 22.8. The lowest BCUT2D eigenvalue weighted by atomic mass is 9.96. The van der Waals surface area contributed by atoms with Gasteiger partial charge in [0.15, 0.2) is 4.80 Å². The number of H-pyrrole nitrogens is 1. The summed E-state index contributed by atoms with van der Waals surface area (Å²) in [6.07, 6.45) is 1.94. The molecule has 1 N–H and O–H groups in total. The van der Waals surface area contributed by atoms with Gasteiger partial charge in [0, 0.05) is 21.5 Å². The van der Waals surface area contributed by atoms with Crippen LogP contribution in [0.1, 0.15) is 36.6 Å². The van der Waals surface area contributed by atoms with E-state index in [4.69, 9.17) is 21.3 Å². The first kappa shape index (κ1) is 26.0. The summed E-state index contributed by atoms with van der Waals surface area (Å²) in [5.41, 5.74) is 6.40. The number of aryl methyl sites for hydroxylation is 1. The number of aromatic nitrogens is 2.